The number of benzene rings is 2. The molecule has 1 unspecified atom stereocenters. The molecule has 1 saturated carbocycles. The summed E-state index contributed by atoms with van der Waals surface area (Å²) in [5, 5.41) is 6.86. The van der Waals surface area contributed by atoms with Crippen LogP contribution in [0.5, 0.6) is 0 Å². The molecule has 4 rings (SSSR count). The maximum Gasteiger partial charge on any atom is 0.262 e. The van der Waals surface area contributed by atoms with Crippen LogP contribution in [0.2, 0.25) is 0 Å². The van der Waals surface area contributed by atoms with Crippen molar-refractivity contribution in [2.45, 2.75) is 32.7 Å². The highest BCUT2D eigenvalue weighted by molar-refractivity contribution is 7.18. The van der Waals surface area contributed by atoms with E-state index in [9.17, 15) is 9.59 Å². The number of aryl methyl sites for hydroxylation is 2. The fraction of sp³-hybridized carbons (Fsp3) is 0.250. The fourth-order valence-electron chi connectivity index (χ4n) is 3.30. The van der Waals surface area contributed by atoms with E-state index in [1.54, 1.807) is 0 Å². The standard InChI is InChI=1S/C24H24N2O2S/c1-15-8-10-18(11-9-15)21(17-6-4-3-5-7-17)26-24(28)22-16(2)14-20(29-22)25-23(27)19-12-13-19/h3-11,14,19,21H,12-13H2,1-2H3,(H,25,27)(H,26,28). The van der Waals surface area contributed by atoms with Gasteiger partial charge in [0.05, 0.1) is 15.9 Å². The van der Waals surface area contributed by atoms with Crippen LogP contribution in [-0.2, 0) is 4.79 Å². The van der Waals surface area contributed by atoms with Gasteiger partial charge in [-0.1, -0.05) is 60.2 Å². The average Bonchev–Trinajstić information content (AvgIpc) is 3.51. The predicted octanol–water partition coefficient (Wildman–Crippen LogP) is 5.23. The molecule has 0 aliphatic heterocycles. The highest BCUT2D eigenvalue weighted by atomic mass is 32.1. The van der Waals surface area contributed by atoms with E-state index in [1.807, 2.05) is 50.2 Å². The van der Waals surface area contributed by atoms with E-state index >= 15 is 0 Å². The molecular weight excluding hydrogens is 380 g/mol. The minimum atomic E-state index is -0.240. The number of amides is 2. The molecule has 0 bridgehead atoms. The summed E-state index contributed by atoms with van der Waals surface area (Å²) in [5.74, 6) is 0.0626. The van der Waals surface area contributed by atoms with Crippen LogP contribution in [0.4, 0.5) is 5.00 Å². The first-order valence-electron chi connectivity index (χ1n) is 9.85. The van der Waals surface area contributed by atoms with Gasteiger partial charge in [-0.2, -0.15) is 0 Å². The lowest BCUT2D eigenvalue weighted by molar-refractivity contribution is -0.117. The van der Waals surface area contributed by atoms with Crippen LogP contribution >= 0.6 is 11.3 Å². The highest BCUT2D eigenvalue weighted by Gasteiger charge is 2.30. The zero-order chi connectivity index (χ0) is 20.4. The molecule has 2 N–H and O–H groups in total. The molecule has 1 fully saturated rings. The molecule has 1 atom stereocenters. The largest absolute Gasteiger partial charge is 0.340 e. The van der Waals surface area contributed by atoms with E-state index < -0.39 is 0 Å². The minimum absolute atomic E-state index is 0.0556. The van der Waals surface area contributed by atoms with Crippen molar-refractivity contribution in [3.63, 3.8) is 0 Å². The van der Waals surface area contributed by atoms with Gasteiger partial charge in [0, 0.05) is 5.92 Å². The molecule has 4 nitrogen and oxygen atoms in total. The second-order valence-electron chi connectivity index (χ2n) is 7.61. The monoisotopic (exact) mass is 404 g/mol. The number of carbonyl (C=O) groups excluding carboxylic acids is 2. The lowest BCUT2D eigenvalue weighted by Crippen LogP contribution is -2.29. The Labute approximate surface area is 175 Å². The van der Waals surface area contributed by atoms with Crippen LogP contribution in [-0.4, -0.2) is 11.8 Å². The topological polar surface area (TPSA) is 58.2 Å². The molecule has 2 amide bonds. The van der Waals surface area contributed by atoms with Gasteiger partial charge in [0.15, 0.2) is 0 Å². The summed E-state index contributed by atoms with van der Waals surface area (Å²) >= 11 is 1.33. The fourth-order valence-corrected chi connectivity index (χ4v) is 4.28. The number of rotatable bonds is 6. The molecule has 5 heteroatoms. The van der Waals surface area contributed by atoms with Crippen molar-refractivity contribution in [2.24, 2.45) is 5.92 Å². The number of nitrogens with one attached hydrogen (secondary N) is 2. The third-order valence-electron chi connectivity index (χ3n) is 5.14. The molecule has 148 valence electrons. The number of carbonyl (C=O) groups is 2. The van der Waals surface area contributed by atoms with Crippen molar-refractivity contribution < 1.29 is 9.59 Å². The van der Waals surface area contributed by atoms with Gasteiger partial charge in [0.25, 0.3) is 5.91 Å². The SMILES string of the molecule is Cc1ccc(C(NC(=O)c2sc(NC(=O)C3CC3)cc2C)c2ccccc2)cc1. The van der Waals surface area contributed by atoms with Crippen molar-refractivity contribution in [1.29, 1.82) is 0 Å². The molecule has 3 aromatic rings. The minimum Gasteiger partial charge on any atom is -0.340 e. The van der Waals surface area contributed by atoms with Crippen molar-refractivity contribution in [3.8, 4) is 0 Å². The van der Waals surface area contributed by atoms with Gasteiger partial charge < -0.3 is 10.6 Å². The van der Waals surface area contributed by atoms with Gasteiger partial charge >= 0.3 is 0 Å². The van der Waals surface area contributed by atoms with Crippen LogP contribution in [0.15, 0.2) is 60.7 Å². The van der Waals surface area contributed by atoms with E-state index in [0.29, 0.717) is 4.88 Å². The zero-order valence-corrected chi connectivity index (χ0v) is 17.4. The maximum absolute atomic E-state index is 13.1. The van der Waals surface area contributed by atoms with Gasteiger partial charge in [-0.25, -0.2) is 0 Å². The molecule has 1 aliphatic carbocycles. The first-order valence-corrected chi connectivity index (χ1v) is 10.7. The van der Waals surface area contributed by atoms with Gasteiger partial charge in [0.2, 0.25) is 5.91 Å². The van der Waals surface area contributed by atoms with E-state index in [4.69, 9.17) is 0 Å². The molecule has 2 aromatic carbocycles. The second kappa shape index (κ2) is 8.21. The van der Waals surface area contributed by atoms with Crippen LogP contribution in [0, 0.1) is 19.8 Å². The summed E-state index contributed by atoms with van der Waals surface area (Å²) in [6, 6.07) is 19.8. The number of thiophene rings is 1. The Morgan fingerprint density at radius 2 is 1.62 bits per heavy atom. The van der Waals surface area contributed by atoms with Crippen LogP contribution < -0.4 is 10.6 Å². The Hall–Kier alpha value is -2.92. The Morgan fingerprint density at radius 1 is 0.966 bits per heavy atom. The average molecular weight is 405 g/mol. The quantitative estimate of drug-likeness (QED) is 0.591. The number of anilines is 1. The molecule has 29 heavy (non-hydrogen) atoms. The Balaban J connectivity index is 1.57. The summed E-state index contributed by atoms with van der Waals surface area (Å²) in [5.41, 5.74) is 4.11. The van der Waals surface area contributed by atoms with Gasteiger partial charge in [-0.3, -0.25) is 9.59 Å². The van der Waals surface area contributed by atoms with Crippen molar-refractivity contribution >= 4 is 28.2 Å². The summed E-state index contributed by atoms with van der Waals surface area (Å²) in [4.78, 5) is 25.8. The van der Waals surface area contributed by atoms with Crippen molar-refractivity contribution in [2.75, 3.05) is 5.32 Å². The Kier molecular flexibility index (Phi) is 5.49. The third kappa shape index (κ3) is 4.57. The van der Waals surface area contributed by atoms with Crippen LogP contribution in [0.25, 0.3) is 0 Å². The van der Waals surface area contributed by atoms with Gasteiger partial charge in [0.1, 0.15) is 0 Å². The Morgan fingerprint density at radius 3 is 2.28 bits per heavy atom. The predicted molar refractivity (Wildman–Crippen MR) is 117 cm³/mol. The third-order valence-corrected chi connectivity index (χ3v) is 6.29. The summed E-state index contributed by atoms with van der Waals surface area (Å²) < 4.78 is 0. The first kappa shape index (κ1) is 19.4. The zero-order valence-electron chi connectivity index (χ0n) is 16.6. The lowest BCUT2D eigenvalue weighted by Gasteiger charge is -2.20. The Bertz CT molecular complexity index is 1020. The molecule has 0 spiro atoms. The lowest BCUT2D eigenvalue weighted by atomic mass is 9.97. The van der Waals surface area contributed by atoms with Crippen LogP contribution in [0.1, 0.15) is 50.8 Å². The highest BCUT2D eigenvalue weighted by Crippen LogP contribution is 2.33. The van der Waals surface area contributed by atoms with E-state index in [2.05, 4.69) is 34.9 Å². The summed E-state index contributed by atoms with van der Waals surface area (Å²) in [6.07, 6.45) is 1.91. The second-order valence-corrected chi connectivity index (χ2v) is 8.67. The van der Waals surface area contributed by atoms with Crippen molar-refractivity contribution in [1.82, 2.24) is 5.32 Å². The molecular formula is C24H24N2O2S. The molecule has 1 aromatic heterocycles. The smallest absolute Gasteiger partial charge is 0.262 e. The van der Waals surface area contributed by atoms with E-state index in [0.717, 1.165) is 34.5 Å². The summed E-state index contributed by atoms with van der Waals surface area (Å²) in [7, 11) is 0. The normalized spacial score (nSPS) is 14.3. The summed E-state index contributed by atoms with van der Waals surface area (Å²) in [6.45, 7) is 3.95. The van der Waals surface area contributed by atoms with Gasteiger partial charge in [-0.05, 0) is 49.4 Å². The first-order chi connectivity index (χ1) is 14.0. The molecule has 0 radical (unpaired) electrons. The number of hydrogen-bond donors (Lipinski definition) is 2. The van der Waals surface area contributed by atoms with E-state index in [1.165, 1.54) is 16.9 Å². The maximum atomic E-state index is 13.1. The molecule has 1 aliphatic rings. The molecule has 1 heterocycles. The van der Waals surface area contributed by atoms with Crippen molar-refractivity contribution in [3.05, 3.63) is 87.8 Å². The number of hydrogen-bond acceptors (Lipinski definition) is 3. The van der Waals surface area contributed by atoms with Gasteiger partial charge in [-0.15, -0.1) is 11.3 Å². The van der Waals surface area contributed by atoms with Crippen LogP contribution in [0.3, 0.4) is 0 Å². The molecule has 0 saturated heterocycles. The van der Waals surface area contributed by atoms with E-state index in [-0.39, 0.29) is 23.8 Å².